The summed E-state index contributed by atoms with van der Waals surface area (Å²) < 4.78 is 49.7. The fourth-order valence-electron chi connectivity index (χ4n) is 3.92. The number of nitrogens with zero attached hydrogens (tertiary/aromatic N) is 1. The van der Waals surface area contributed by atoms with Crippen LogP contribution in [0.3, 0.4) is 0 Å². The Morgan fingerprint density at radius 2 is 1.87 bits per heavy atom. The van der Waals surface area contributed by atoms with Gasteiger partial charge >= 0.3 is 12.1 Å². The molecule has 0 atom stereocenters. The Labute approximate surface area is 173 Å². The SMILES string of the molecule is O=C(COC(=O)CCC1CCCC1)Nc1cc(C(F)(F)F)ccc1N1CCOCC1. The van der Waals surface area contributed by atoms with Crippen molar-refractivity contribution in [2.45, 2.75) is 44.7 Å². The van der Waals surface area contributed by atoms with Gasteiger partial charge in [-0.1, -0.05) is 25.7 Å². The topological polar surface area (TPSA) is 67.9 Å². The van der Waals surface area contributed by atoms with Crippen LogP contribution in [-0.2, 0) is 25.2 Å². The minimum absolute atomic E-state index is 0.0405. The van der Waals surface area contributed by atoms with E-state index in [1.54, 1.807) is 0 Å². The van der Waals surface area contributed by atoms with Gasteiger partial charge in [0.25, 0.3) is 5.91 Å². The van der Waals surface area contributed by atoms with Crippen LogP contribution in [-0.4, -0.2) is 44.8 Å². The zero-order valence-electron chi connectivity index (χ0n) is 16.8. The van der Waals surface area contributed by atoms with Crippen molar-refractivity contribution >= 4 is 23.3 Å². The van der Waals surface area contributed by atoms with Crippen LogP contribution in [0.4, 0.5) is 24.5 Å². The number of hydrogen-bond donors (Lipinski definition) is 1. The summed E-state index contributed by atoms with van der Waals surface area (Å²) in [4.78, 5) is 26.0. The molecule has 166 valence electrons. The standard InChI is InChI=1S/C21H27F3N2O4/c22-21(23,24)16-6-7-18(26-9-11-29-12-10-26)17(13-16)25-19(27)14-30-20(28)8-5-15-3-1-2-4-15/h6-7,13,15H,1-5,8-12,14H2,(H,25,27). The maximum absolute atomic E-state index is 13.1. The van der Waals surface area contributed by atoms with Gasteiger partial charge in [-0.3, -0.25) is 9.59 Å². The van der Waals surface area contributed by atoms with Crippen LogP contribution in [0.25, 0.3) is 0 Å². The Morgan fingerprint density at radius 3 is 2.53 bits per heavy atom. The zero-order chi connectivity index (χ0) is 21.6. The lowest BCUT2D eigenvalue weighted by atomic mass is 10.0. The van der Waals surface area contributed by atoms with E-state index < -0.39 is 30.2 Å². The van der Waals surface area contributed by atoms with E-state index in [4.69, 9.17) is 9.47 Å². The number of nitrogens with one attached hydrogen (secondary N) is 1. The molecule has 1 amide bonds. The van der Waals surface area contributed by atoms with E-state index in [0.29, 0.717) is 37.9 Å². The summed E-state index contributed by atoms with van der Waals surface area (Å²) >= 11 is 0. The maximum atomic E-state index is 13.1. The van der Waals surface area contributed by atoms with Gasteiger partial charge in [0.1, 0.15) is 0 Å². The van der Waals surface area contributed by atoms with Gasteiger partial charge in [0.2, 0.25) is 0 Å². The van der Waals surface area contributed by atoms with Gasteiger partial charge in [-0.05, 0) is 30.5 Å². The molecule has 30 heavy (non-hydrogen) atoms. The first kappa shape index (κ1) is 22.4. The molecule has 1 aromatic rings. The number of alkyl halides is 3. The molecule has 6 nitrogen and oxygen atoms in total. The highest BCUT2D eigenvalue weighted by Gasteiger charge is 2.32. The van der Waals surface area contributed by atoms with E-state index in [1.165, 1.54) is 18.9 Å². The number of rotatable bonds is 7. The van der Waals surface area contributed by atoms with Gasteiger partial charge in [-0.15, -0.1) is 0 Å². The average Bonchev–Trinajstić information content (AvgIpc) is 3.24. The third-order valence-corrected chi connectivity index (χ3v) is 5.55. The first-order chi connectivity index (χ1) is 14.3. The van der Waals surface area contributed by atoms with E-state index in [0.717, 1.165) is 31.4 Å². The van der Waals surface area contributed by atoms with Crippen molar-refractivity contribution in [3.8, 4) is 0 Å². The van der Waals surface area contributed by atoms with Crippen LogP contribution >= 0.6 is 0 Å². The number of morpholine rings is 1. The number of benzene rings is 1. The Kier molecular flexibility index (Phi) is 7.58. The quantitative estimate of drug-likeness (QED) is 0.665. The molecule has 9 heteroatoms. The number of esters is 1. The molecule has 1 saturated carbocycles. The predicted molar refractivity (Wildman–Crippen MR) is 105 cm³/mol. The highest BCUT2D eigenvalue weighted by Crippen LogP contribution is 2.35. The normalized spacial score (nSPS) is 17.8. The predicted octanol–water partition coefficient (Wildman–Crippen LogP) is 3.99. The van der Waals surface area contributed by atoms with Crippen molar-refractivity contribution in [2.24, 2.45) is 5.92 Å². The largest absolute Gasteiger partial charge is 0.456 e. The van der Waals surface area contributed by atoms with E-state index in [1.807, 2.05) is 4.90 Å². The first-order valence-electron chi connectivity index (χ1n) is 10.3. The molecule has 2 fully saturated rings. The van der Waals surface area contributed by atoms with Crippen molar-refractivity contribution in [2.75, 3.05) is 43.1 Å². The summed E-state index contributed by atoms with van der Waals surface area (Å²) in [6, 6.07) is 3.24. The molecule has 1 aliphatic carbocycles. The van der Waals surface area contributed by atoms with E-state index in [-0.39, 0.29) is 12.1 Å². The van der Waals surface area contributed by atoms with Crippen LogP contribution in [0, 0.1) is 5.92 Å². The van der Waals surface area contributed by atoms with Gasteiger partial charge in [-0.25, -0.2) is 0 Å². The monoisotopic (exact) mass is 428 g/mol. The summed E-state index contributed by atoms with van der Waals surface area (Å²) in [5, 5.41) is 2.47. The second kappa shape index (κ2) is 10.1. The Bertz CT molecular complexity index is 742. The lowest BCUT2D eigenvalue weighted by Crippen LogP contribution is -2.37. The van der Waals surface area contributed by atoms with Crippen molar-refractivity contribution < 1.29 is 32.2 Å². The second-order valence-electron chi connectivity index (χ2n) is 7.73. The summed E-state index contributed by atoms with van der Waals surface area (Å²) in [6.07, 6.45) is 1.07. The Hall–Kier alpha value is -2.29. The van der Waals surface area contributed by atoms with Crippen LogP contribution < -0.4 is 10.2 Å². The maximum Gasteiger partial charge on any atom is 0.416 e. The molecule has 1 N–H and O–H groups in total. The van der Waals surface area contributed by atoms with Gasteiger partial charge in [-0.2, -0.15) is 13.2 Å². The average molecular weight is 428 g/mol. The molecular weight excluding hydrogens is 401 g/mol. The summed E-state index contributed by atoms with van der Waals surface area (Å²) in [6.45, 7) is 1.39. The number of carbonyl (C=O) groups is 2. The summed E-state index contributed by atoms with van der Waals surface area (Å²) in [5.41, 5.74) is -0.339. The van der Waals surface area contributed by atoms with Crippen molar-refractivity contribution in [3.05, 3.63) is 23.8 Å². The van der Waals surface area contributed by atoms with Crippen LogP contribution in [0.5, 0.6) is 0 Å². The Balaban J connectivity index is 1.59. The highest BCUT2D eigenvalue weighted by molar-refractivity contribution is 5.96. The molecular formula is C21H27F3N2O4. The van der Waals surface area contributed by atoms with Crippen molar-refractivity contribution in [3.63, 3.8) is 0 Å². The molecule has 0 unspecified atom stereocenters. The molecule has 1 aliphatic heterocycles. The van der Waals surface area contributed by atoms with E-state index in [9.17, 15) is 22.8 Å². The number of amides is 1. The fraction of sp³-hybridized carbons (Fsp3) is 0.619. The molecule has 3 rings (SSSR count). The van der Waals surface area contributed by atoms with Gasteiger partial charge in [0, 0.05) is 19.5 Å². The zero-order valence-corrected chi connectivity index (χ0v) is 16.8. The van der Waals surface area contributed by atoms with E-state index in [2.05, 4.69) is 5.32 Å². The molecule has 0 aromatic heterocycles. The van der Waals surface area contributed by atoms with Crippen LogP contribution in [0.2, 0.25) is 0 Å². The number of carbonyl (C=O) groups excluding carboxylic acids is 2. The van der Waals surface area contributed by atoms with Gasteiger partial charge < -0.3 is 19.7 Å². The Morgan fingerprint density at radius 1 is 1.17 bits per heavy atom. The number of halogens is 3. The molecule has 0 spiro atoms. The summed E-state index contributed by atoms with van der Waals surface area (Å²) in [5.74, 6) is -0.597. The molecule has 0 bridgehead atoms. The van der Waals surface area contributed by atoms with E-state index >= 15 is 0 Å². The summed E-state index contributed by atoms with van der Waals surface area (Å²) in [7, 11) is 0. The fourth-order valence-corrected chi connectivity index (χ4v) is 3.92. The lowest BCUT2D eigenvalue weighted by Gasteiger charge is -2.31. The molecule has 1 aromatic carbocycles. The number of ether oxygens (including phenoxy) is 2. The highest BCUT2D eigenvalue weighted by atomic mass is 19.4. The minimum atomic E-state index is -4.53. The van der Waals surface area contributed by atoms with Crippen molar-refractivity contribution in [1.82, 2.24) is 0 Å². The van der Waals surface area contributed by atoms with Gasteiger partial charge in [0.05, 0.1) is 30.2 Å². The van der Waals surface area contributed by atoms with Crippen molar-refractivity contribution in [1.29, 1.82) is 0 Å². The van der Waals surface area contributed by atoms with Crippen LogP contribution in [0.15, 0.2) is 18.2 Å². The smallest absolute Gasteiger partial charge is 0.416 e. The van der Waals surface area contributed by atoms with Crippen LogP contribution in [0.1, 0.15) is 44.1 Å². The first-order valence-corrected chi connectivity index (χ1v) is 10.3. The molecule has 0 radical (unpaired) electrons. The molecule has 1 saturated heterocycles. The third kappa shape index (κ3) is 6.35. The molecule has 1 heterocycles. The minimum Gasteiger partial charge on any atom is -0.456 e. The second-order valence-corrected chi connectivity index (χ2v) is 7.73. The molecule has 2 aliphatic rings. The lowest BCUT2D eigenvalue weighted by molar-refractivity contribution is -0.147. The van der Waals surface area contributed by atoms with Gasteiger partial charge in [0.15, 0.2) is 6.61 Å². The number of hydrogen-bond acceptors (Lipinski definition) is 5. The number of anilines is 2. The third-order valence-electron chi connectivity index (χ3n) is 5.55.